The summed E-state index contributed by atoms with van der Waals surface area (Å²) in [6.07, 6.45) is 1.53. The fraction of sp³-hybridized carbons (Fsp3) is 0.364. The second-order valence-electron chi connectivity index (χ2n) is 3.88. The molecule has 0 N–H and O–H groups in total. The van der Waals surface area contributed by atoms with Gasteiger partial charge in [0.1, 0.15) is 4.90 Å². The first kappa shape index (κ1) is 12.6. The Balaban J connectivity index is 2.49. The number of hydrogen-bond acceptors (Lipinski definition) is 3. The lowest BCUT2D eigenvalue weighted by Crippen LogP contribution is -2.30. The van der Waals surface area contributed by atoms with Gasteiger partial charge in [0, 0.05) is 11.0 Å². The molecule has 0 bridgehead atoms. The molecule has 1 amide bonds. The number of unbranched alkanes of at least 4 members (excludes halogenated alkanes) is 1. The van der Waals surface area contributed by atoms with Crippen LogP contribution in [0.3, 0.4) is 0 Å². The fourth-order valence-corrected chi connectivity index (χ4v) is 3.73. The van der Waals surface area contributed by atoms with Gasteiger partial charge in [-0.2, -0.15) is 0 Å². The van der Waals surface area contributed by atoms with Gasteiger partial charge < -0.3 is 0 Å². The van der Waals surface area contributed by atoms with Crippen LogP contribution in [0.15, 0.2) is 27.6 Å². The minimum absolute atomic E-state index is 0.113. The number of sulfonamides is 1. The fourth-order valence-electron chi connectivity index (χ4n) is 1.78. The van der Waals surface area contributed by atoms with Crippen molar-refractivity contribution in [1.29, 1.82) is 0 Å². The van der Waals surface area contributed by atoms with E-state index in [9.17, 15) is 13.2 Å². The highest BCUT2D eigenvalue weighted by Gasteiger charge is 2.40. The Morgan fingerprint density at radius 2 is 2.06 bits per heavy atom. The smallest absolute Gasteiger partial charge is 0.268 e. The predicted octanol–water partition coefficient (Wildman–Crippen LogP) is 2.39. The Hall–Kier alpha value is -0.880. The van der Waals surface area contributed by atoms with Gasteiger partial charge in [0.2, 0.25) is 0 Å². The molecule has 2 rings (SSSR count). The minimum Gasteiger partial charge on any atom is -0.268 e. The van der Waals surface area contributed by atoms with Gasteiger partial charge in [-0.25, -0.2) is 12.7 Å². The lowest BCUT2D eigenvalue weighted by atomic mass is 10.2. The molecule has 0 saturated heterocycles. The second kappa shape index (κ2) is 4.42. The number of nitrogens with zero attached hydrogens (tertiary/aromatic N) is 1. The van der Waals surface area contributed by atoms with E-state index in [1.54, 1.807) is 12.1 Å². The quantitative estimate of drug-likeness (QED) is 0.860. The van der Waals surface area contributed by atoms with E-state index in [0.717, 1.165) is 10.7 Å². The molecule has 0 radical (unpaired) electrons. The standard InChI is InChI=1S/C11H12BrNO3S/c1-2-3-6-13-11(14)9-7-8(12)4-5-10(9)17(13,15)16/h4-5,7H,2-3,6H2,1H3. The Bertz CT molecular complexity index is 568. The third-order valence-electron chi connectivity index (χ3n) is 2.68. The molecular formula is C11H12BrNO3S. The van der Waals surface area contributed by atoms with Crippen LogP contribution in [-0.2, 0) is 10.0 Å². The topological polar surface area (TPSA) is 54.5 Å². The van der Waals surface area contributed by atoms with Crippen molar-refractivity contribution in [1.82, 2.24) is 4.31 Å². The minimum atomic E-state index is -3.62. The van der Waals surface area contributed by atoms with Crippen molar-refractivity contribution in [3.63, 3.8) is 0 Å². The molecule has 0 unspecified atom stereocenters. The van der Waals surface area contributed by atoms with Gasteiger partial charge in [0.15, 0.2) is 0 Å². The summed E-state index contributed by atoms with van der Waals surface area (Å²) in [6.45, 7) is 2.21. The van der Waals surface area contributed by atoms with E-state index in [-0.39, 0.29) is 17.0 Å². The van der Waals surface area contributed by atoms with Gasteiger partial charge in [0.05, 0.1) is 5.56 Å². The van der Waals surface area contributed by atoms with Crippen LogP contribution >= 0.6 is 15.9 Å². The summed E-state index contributed by atoms with van der Waals surface area (Å²) >= 11 is 3.24. The van der Waals surface area contributed by atoms with Gasteiger partial charge in [-0.1, -0.05) is 29.3 Å². The largest absolute Gasteiger partial charge is 0.269 e. The molecule has 0 saturated carbocycles. The lowest BCUT2D eigenvalue weighted by molar-refractivity contribution is 0.0870. The van der Waals surface area contributed by atoms with Gasteiger partial charge >= 0.3 is 0 Å². The Morgan fingerprint density at radius 1 is 1.35 bits per heavy atom. The van der Waals surface area contributed by atoms with Crippen molar-refractivity contribution in [2.75, 3.05) is 6.54 Å². The average molecular weight is 318 g/mol. The number of hydrogen-bond donors (Lipinski definition) is 0. The Morgan fingerprint density at radius 3 is 2.71 bits per heavy atom. The molecule has 1 heterocycles. The van der Waals surface area contributed by atoms with Crippen LogP contribution in [0.5, 0.6) is 0 Å². The molecule has 0 spiro atoms. The van der Waals surface area contributed by atoms with Gasteiger partial charge in [-0.05, 0) is 24.6 Å². The summed E-state index contributed by atoms with van der Waals surface area (Å²) < 4.78 is 25.9. The lowest BCUT2D eigenvalue weighted by Gasteiger charge is -2.13. The van der Waals surface area contributed by atoms with Crippen LogP contribution in [0.1, 0.15) is 30.1 Å². The van der Waals surface area contributed by atoms with Crippen LogP contribution in [0, 0.1) is 0 Å². The molecule has 17 heavy (non-hydrogen) atoms. The monoisotopic (exact) mass is 317 g/mol. The van der Waals surface area contributed by atoms with Crippen LogP contribution in [0.4, 0.5) is 0 Å². The van der Waals surface area contributed by atoms with Crippen molar-refractivity contribution in [3.05, 3.63) is 28.2 Å². The highest BCUT2D eigenvalue weighted by molar-refractivity contribution is 9.10. The molecule has 0 aromatic heterocycles. The Labute approximate surface area is 109 Å². The third-order valence-corrected chi connectivity index (χ3v) is 5.02. The third kappa shape index (κ3) is 1.99. The number of benzene rings is 1. The maximum atomic E-state index is 12.1. The number of fused-ring (bicyclic) bond motifs is 1. The van der Waals surface area contributed by atoms with E-state index in [1.807, 2.05) is 6.92 Å². The first-order valence-corrected chi connectivity index (χ1v) is 7.58. The molecule has 6 heteroatoms. The summed E-state index contributed by atoms with van der Waals surface area (Å²) in [5.74, 6) is -0.422. The first-order chi connectivity index (χ1) is 7.98. The highest BCUT2D eigenvalue weighted by Crippen LogP contribution is 2.32. The molecule has 1 aliphatic heterocycles. The predicted molar refractivity (Wildman–Crippen MR) is 67.3 cm³/mol. The molecular weight excluding hydrogens is 306 g/mol. The van der Waals surface area contributed by atoms with Crippen molar-refractivity contribution in [3.8, 4) is 0 Å². The van der Waals surface area contributed by atoms with E-state index in [0.29, 0.717) is 10.9 Å². The number of carbonyl (C=O) groups excluding carboxylic acids is 1. The summed E-state index contributed by atoms with van der Waals surface area (Å²) in [6, 6.07) is 4.66. The maximum Gasteiger partial charge on any atom is 0.269 e. The molecule has 4 nitrogen and oxygen atoms in total. The zero-order valence-corrected chi connectivity index (χ0v) is 11.7. The van der Waals surface area contributed by atoms with Crippen LogP contribution < -0.4 is 0 Å². The molecule has 92 valence electrons. The highest BCUT2D eigenvalue weighted by atomic mass is 79.9. The summed E-state index contributed by atoms with van der Waals surface area (Å²) in [5, 5.41) is 0. The van der Waals surface area contributed by atoms with Gasteiger partial charge in [-0.3, -0.25) is 4.79 Å². The van der Waals surface area contributed by atoms with E-state index >= 15 is 0 Å². The second-order valence-corrected chi connectivity index (χ2v) is 6.62. The van der Waals surface area contributed by atoms with Crippen LogP contribution in [-0.4, -0.2) is 25.2 Å². The zero-order valence-electron chi connectivity index (χ0n) is 9.31. The summed E-state index contributed by atoms with van der Waals surface area (Å²) in [5.41, 5.74) is 0.260. The van der Waals surface area contributed by atoms with Crippen molar-refractivity contribution >= 4 is 31.9 Å². The maximum absolute atomic E-state index is 12.1. The SMILES string of the molecule is CCCCN1C(=O)c2cc(Br)ccc2S1(=O)=O. The van der Waals surface area contributed by atoms with E-state index in [2.05, 4.69) is 15.9 Å². The van der Waals surface area contributed by atoms with Crippen LogP contribution in [0.25, 0.3) is 0 Å². The first-order valence-electron chi connectivity index (χ1n) is 5.35. The van der Waals surface area contributed by atoms with E-state index in [1.165, 1.54) is 6.07 Å². The molecule has 0 aliphatic carbocycles. The van der Waals surface area contributed by atoms with Gasteiger partial charge in [-0.15, -0.1) is 0 Å². The van der Waals surface area contributed by atoms with Crippen molar-refractivity contribution < 1.29 is 13.2 Å². The number of carbonyl (C=O) groups is 1. The zero-order chi connectivity index (χ0) is 12.6. The normalized spacial score (nSPS) is 17.3. The molecule has 0 fully saturated rings. The van der Waals surface area contributed by atoms with Crippen molar-refractivity contribution in [2.45, 2.75) is 24.7 Å². The molecule has 1 aromatic carbocycles. The molecule has 1 aromatic rings. The van der Waals surface area contributed by atoms with E-state index in [4.69, 9.17) is 0 Å². The van der Waals surface area contributed by atoms with E-state index < -0.39 is 15.9 Å². The van der Waals surface area contributed by atoms with Crippen LogP contribution in [0.2, 0.25) is 0 Å². The summed E-state index contributed by atoms with van der Waals surface area (Å²) in [7, 11) is -3.62. The number of rotatable bonds is 3. The Kier molecular flexibility index (Phi) is 3.27. The number of halogens is 1. The van der Waals surface area contributed by atoms with Gasteiger partial charge in [0.25, 0.3) is 15.9 Å². The number of amides is 1. The molecule has 1 aliphatic rings. The molecule has 0 atom stereocenters. The summed E-state index contributed by atoms with van der Waals surface area (Å²) in [4.78, 5) is 12.1. The van der Waals surface area contributed by atoms with Crippen molar-refractivity contribution in [2.24, 2.45) is 0 Å². The average Bonchev–Trinajstić information content (AvgIpc) is 2.45.